The van der Waals surface area contributed by atoms with Crippen molar-refractivity contribution in [3.8, 4) is 0 Å². The van der Waals surface area contributed by atoms with Gasteiger partial charge in [-0.1, -0.05) is 44.2 Å². The van der Waals surface area contributed by atoms with E-state index in [1.807, 2.05) is 0 Å². The first-order valence-electron chi connectivity index (χ1n) is 8.70. The molecule has 2 atom stereocenters. The Morgan fingerprint density at radius 1 is 1.10 bits per heavy atom. The Bertz CT molecular complexity index is 429. The minimum atomic E-state index is 0.540. The summed E-state index contributed by atoms with van der Waals surface area (Å²) in [5, 5.41) is 3.65. The van der Waals surface area contributed by atoms with Gasteiger partial charge in [-0.25, -0.2) is 0 Å². The maximum atomic E-state index is 3.65. The number of hydrogen-bond acceptors (Lipinski definition) is 2. The quantitative estimate of drug-likeness (QED) is 0.908. The number of nitrogens with one attached hydrogen (secondary N) is 1. The fraction of sp³-hybridized carbons (Fsp3) is 0.684. The highest BCUT2D eigenvalue weighted by Crippen LogP contribution is 2.40. The van der Waals surface area contributed by atoms with Crippen molar-refractivity contribution in [1.29, 1.82) is 0 Å². The maximum absolute atomic E-state index is 3.65. The Morgan fingerprint density at radius 2 is 1.86 bits per heavy atom. The molecule has 2 unspecified atom stereocenters. The minimum absolute atomic E-state index is 0.540. The van der Waals surface area contributed by atoms with E-state index in [0.29, 0.717) is 17.4 Å². The number of piperidine rings is 2. The zero-order chi connectivity index (χ0) is 14.7. The Labute approximate surface area is 129 Å². The van der Waals surface area contributed by atoms with Crippen molar-refractivity contribution in [2.75, 3.05) is 26.2 Å². The van der Waals surface area contributed by atoms with Crippen molar-refractivity contribution < 1.29 is 0 Å². The lowest BCUT2D eigenvalue weighted by molar-refractivity contribution is 0.0232. The molecule has 21 heavy (non-hydrogen) atoms. The Balaban J connectivity index is 1.79. The summed E-state index contributed by atoms with van der Waals surface area (Å²) in [5.41, 5.74) is 2.03. The molecule has 2 nitrogen and oxygen atoms in total. The van der Waals surface area contributed by atoms with Crippen LogP contribution in [-0.4, -0.2) is 31.1 Å². The zero-order valence-electron chi connectivity index (χ0n) is 13.6. The smallest absolute Gasteiger partial charge is 0.0371 e. The molecule has 2 saturated heterocycles. The molecule has 0 bridgehead atoms. The van der Waals surface area contributed by atoms with Crippen LogP contribution in [0.3, 0.4) is 0 Å². The van der Waals surface area contributed by atoms with Crippen LogP contribution in [0, 0.1) is 11.3 Å². The predicted molar refractivity (Wildman–Crippen MR) is 89.4 cm³/mol. The van der Waals surface area contributed by atoms with E-state index in [1.54, 1.807) is 0 Å². The number of benzene rings is 1. The van der Waals surface area contributed by atoms with Crippen LogP contribution in [0.2, 0.25) is 0 Å². The number of rotatable bonds is 3. The van der Waals surface area contributed by atoms with Crippen molar-refractivity contribution in [3.05, 3.63) is 35.9 Å². The van der Waals surface area contributed by atoms with Crippen LogP contribution in [0.25, 0.3) is 0 Å². The van der Waals surface area contributed by atoms with E-state index in [2.05, 4.69) is 54.4 Å². The summed E-state index contributed by atoms with van der Waals surface area (Å²) >= 11 is 0. The van der Waals surface area contributed by atoms with Crippen molar-refractivity contribution in [3.63, 3.8) is 0 Å². The summed E-state index contributed by atoms with van der Waals surface area (Å²) in [5.74, 6) is 0.666. The minimum Gasteiger partial charge on any atom is -0.316 e. The third-order valence-corrected chi connectivity index (χ3v) is 5.42. The number of nitrogens with zero attached hydrogens (tertiary/aromatic N) is 1. The van der Waals surface area contributed by atoms with Gasteiger partial charge in [0.15, 0.2) is 0 Å². The first-order valence-corrected chi connectivity index (χ1v) is 8.70. The van der Waals surface area contributed by atoms with Gasteiger partial charge in [0, 0.05) is 19.1 Å². The molecule has 0 aromatic heterocycles. The highest BCUT2D eigenvalue weighted by atomic mass is 15.2. The van der Waals surface area contributed by atoms with Gasteiger partial charge in [0.05, 0.1) is 0 Å². The van der Waals surface area contributed by atoms with Crippen LogP contribution < -0.4 is 5.32 Å². The molecule has 1 spiro atoms. The zero-order valence-corrected chi connectivity index (χ0v) is 13.6. The first kappa shape index (κ1) is 15.1. The van der Waals surface area contributed by atoms with E-state index in [9.17, 15) is 0 Å². The molecule has 1 aromatic rings. The summed E-state index contributed by atoms with van der Waals surface area (Å²) in [6.45, 7) is 9.73. The number of hydrogen-bond donors (Lipinski definition) is 1. The molecule has 0 amide bonds. The molecule has 2 heteroatoms. The van der Waals surface area contributed by atoms with Gasteiger partial charge in [-0.05, 0) is 55.7 Å². The molecule has 1 aromatic carbocycles. The van der Waals surface area contributed by atoms with Crippen LogP contribution in [0.5, 0.6) is 0 Å². The third-order valence-electron chi connectivity index (χ3n) is 5.42. The molecule has 3 rings (SSSR count). The molecule has 116 valence electrons. The topological polar surface area (TPSA) is 15.3 Å². The van der Waals surface area contributed by atoms with E-state index in [-0.39, 0.29) is 0 Å². The average molecular weight is 286 g/mol. The van der Waals surface area contributed by atoms with E-state index >= 15 is 0 Å². The van der Waals surface area contributed by atoms with Gasteiger partial charge < -0.3 is 5.32 Å². The molecule has 2 heterocycles. The van der Waals surface area contributed by atoms with Crippen molar-refractivity contribution >= 4 is 0 Å². The molecule has 1 N–H and O–H groups in total. The SMILES string of the molecule is CC(C)C(c1ccccc1)N1CCCC2(CCCNC2)C1. The van der Waals surface area contributed by atoms with Gasteiger partial charge in [0.25, 0.3) is 0 Å². The molecule has 2 fully saturated rings. The Hall–Kier alpha value is -0.860. The maximum Gasteiger partial charge on any atom is 0.0371 e. The molecular formula is C19H30N2. The number of likely N-dealkylation sites (tertiary alicyclic amines) is 1. The standard InChI is InChI=1S/C19H30N2/c1-16(2)18(17-8-4-3-5-9-17)21-13-7-11-19(15-21)10-6-12-20-14-19/h3-5,8-9,16,18,20H,6-7,10-15H2,1-2H3. The van der Waals surface area contributed by atoms with Crippen LogP contribution in [0.4, 0.5) is 0 Å². The molecule has 2 aliphatic rings. The Morgan fingerprint density at radius 3 is 2.52 bits per heavy atom. The lowest BCUT2D eigenvalue weighted by Gasteiger charge is -2.49. The van der Waals surface area contributed by atoms with Gasteiger partial charge in [-0.2, -0.15) is 0 Å². The fourth-order valence-corrected chi connectivity index (χ4v) is 4.53. The second-order valence-corrected chi connectivity index (χ2v) is 7.45. The summed E-state index contributed by atoms with van der Waals surface area (Å²) < 4.78 is 0. The second kappa shape index (κ2) is 6.50. The molecule has 2 aliphatic heterocycles. The van der Waals surface area contributed by atoms with Crippen molar-refractivity contribution in [1.82, 2.24) is 10.2 Å². The summed E-state index contributed by atoms with van der Waals surface area (Å²) in [7, 11) is 0. The lowest BCUT2D eigenvalue weighted by atomic mass is 9.73. The molecular weight excluding hydrogens is 256 g/mol. The van der Waals surface area contributed by atoms with E-state index in [1.165, 1.54) is 57.4 Å². The molecule has 0 saturated carbocycles. The van der Waals surface area contributed by atoms with Gasteiger partial charge in [-0.15, -0.1) is 0 Å². The van der Waals surface area contributed by atoms with Gasteiger partial charge in [0.2, 0.25) is 0 Å². The predicted octanol–water partition coefficient (Wildman–Crippen LogP) is 3.85. The van der Waals surface area contributed by atoms with E-state index in [0.717, 1.165) is 0 Å². The van der Waals surface area contributed by atoms with Gasteiger partial charge in [0.1, 0.15) is 0 Å². The van der Waals surface area contributed by atoms with Crippen LogP contribution in [0.15, 0.2) is 30.3 Å². The Kier molecular flexibility index (Phi) is 4.66. The third kappa shape index (κ3) is 3.32. The summed E-state index contributed by atoms with van der Waals surface area (Å²) in [4.78, 5) is 2.77. The second-order valence-electron chi connectivity index (χ2n) is 7.45. The van der Waals surface area contributed by atoms with Crippen molar-refractivity contribution in [2.45, 2.75) is 45.6 Å². The van der Waals surface area contributed by atoms with Gasteiger partial charge >= 0.3 is 0 Å². The highest BCUT2D eigenvalue weighted by Gasteiger charge is 2.39. The van der Waals surface area contributed by atoms with Crippen molar-refractivity contribution in [2.24, 2.45) is 11.3 Å². The summed E-state index contributed by atoms with van der Waals surface area (Å²) in [6, 6.07) is 11.7. The summed E-state index contributed by atoms with van der Waals surface area (Å²) in [6.07, 6.45) is 5.54. The van der Waals surface area contributed by atoms with Crippen LogP contribution in [-0.2, 0) is 0 Å². The van der Waals surface area contributed by atoms with Crippen LogP contribution >= 0.6 is 0 Å². The van der Waals surface area contributed by atoms with Gasteiger partial charge in [-0.3, -0.25) is 4.90 Å². The molecule has 0 radical (unpaired) electrons. The first-order chi connectivity index (χ1) is 10.2. The largest absolute Gasteiger partial charge is 0.316 e. The fourth-order valence-electron chi connectivity index (χ4n) is 4.53. The molecule has 0 aliphatic carbocycles. The van der Waals surface area contributed by atoms with Crippen LogP contribution in [0.1, 0.15) is 51.1 Å². The highest BCUT2D eigenvalue weighted by molar-refractivity contribution is 5.20. The average Bonchev–Trinajstić information content (AvgIpc) is 2.49. The lowest BCUT2D eigenvalue weighted by Crippen LogP contribution is -2.52. The normalized spacial score (nSPS) is 28.9. The monoisotopic (exact) mass is 286 g/mol. The van der Waals surface area contributed by atoms with E-state index < -0.39 is 0 Å². The van der Waals surface area contributed by atoms with E-state index in [4.69, 9.17) is 0 Å².